The van der Waals surface area contributed by atoms with Crippen LogP contribution < -0.4 is 4.90 Å². The molecule has 27 heavy (non-hydrogen) atoms. The zero-order valence-corrected chi connectivity index (χ0v) is 15.6. The molecule has 1 aromatic heterocycles. The van der Waals surface area contributed by atoms with Crippen molar-refractivity contribution in [3.05, 3.63) is 48.0 Å². The van der Waals surface area contributed by atoms with Gasteiger partial charge in [0.15, 0.2) is 0 Å². The number of rotatable bonds is 4. The van der Waals surface area contributed by atoms with E-state index in [4.69, 9.17) is 0 Å². The monoisotopic (exact) mass is 371 g/mol. The predicted molar refractivity (Wildman–Crippen MR) is 102 cm³/mol. The summed E-state index contributed by atoms with van der Waals surface area (Å²) in [5, 5.41) is 7.05. The first kappa shape index (κ1) is 18.0. The van der Waals surface area contributed by atoms with E-state index < -0.39 is 0 Å². The van der Waals surface area contributed by atoms with Crippen LogP contribution in [0.3, 0.4) is 0 Å². The number of H-pyrrole nitrogens is 1. The number of carbonyl (C=O) groups is 1. The maximum Gasteiger partial charge on any atom is 0.240 e. The Morgan fingerprint density at radius 2 is 1.89 bits per heavy atom. The van der Waals surface area contributed by atoms with Crippen molar-refractivity contribution in [3.63, 3.8) is 0 Å². The normalized spacial score (nSPS) is 22.2. The second-order valence-corrected chi connectivity index (χ2v) is 7.38. The second kappa shape index (κ2) is 7.68. The van der Waals surface area contributed by atoms with Gasteiger partial charge in [0.25, 0.3) is 0 Å². The zero-order valence-electron chi connectivity index (χ0n) is 15.6. The Hall–Kier alpha value is -2.41. The van der Waals surface area contributed by atoms with Crippen LogP contribution in [0.15, 0.2) is 36.5 Å². The number of aromatic amines is 1. The van der Waals surface area contributed by atoms with Gasteiger partial charge in [-0.15, -0.1) is 0 Å². The van der Waals surface area contributed by atoms with Gasteiger partial charge in [-0.2, -0.15) is 5.10 Å². The summed E-state index contributed by atoms with van der Waals surface area (Å²) >= 11 is 0. The van der Waals surface area contributed by atoms with Gasteiger partial charge in [0.2, 0.25) is 5.91 Å². The van der Waals surface area contributed by atoms with Gasteiger partial charge in [0.05, 0.1) is 17.8 Å². The molecule has 2 unspecified atom stereocenters. The van der Waals surface area contributed by atoms with Gasteiger partial charge in [-0.25, -0.2) is 4.39 Å². The molecule has 2 aliphatic heterocycles. The molecule has 0 spiro atoms. The third-order valence-corrected chi connectivity index (χ3v) is 5.83. The maximum absolute atomic E-state index is 13.1. The fourth-order valence-electron chi connectivity index (χ4n) is 4.22. The van der Waals surface area contributed by atoms with Crippen molar-refractivity contribution < 1.29 is 9.18 Å². The number of nitrogens with one attached hydrogen (secondary N) is 1. The van der Waals surface area contributed by atoms with E-state index in [2.05, 4.69) is 20.0 Å². The predicted octanol–water partition coefficient (Wildman–Crippen LogP) is 2.42. The van der Waals surface area contributed by atoms with Gasteiger partial charge >= 0.3 is 0 Å². The lowest BCUT2D eigenvalue weighted by Gasteiger charge is -2.40. The van der Waals surface area contributed by atoms with Crippen LogP contribution in [-0.2, 0) is 4.79 Å². The number of anilines is 1. The molecule has 0 saturated carbocycles. The van der Waals surface area contributed by atoms with E-state index in [9.17, 15) is 9.18 Å². The molecule has 4 rings (SSSR count). The molecule has 1 amide bonds. The average molecular weight is 371 g/mol. The quantitative estimate of drug-likeness (QED) is 0.897. The van der Waals surface area contributed by atoms with Gasteiger partial charge in [0.1, 0.15) is 5.82 Å². The number of aromatic nitrogens is 2. The molecule has 0 bridgehead atoms. The minimum atomic E-state index is -0.214. The van der Waals surface area contributed by atoms with E-state index >= 15 is 0 Å². The fourth-order valence-corrected chi connectivity index (χ4v) is 4.22. The number of likely N-dealkylation sites (tertiary alicyclic amines) is 1. The summed E-state index contributed by atoms with van der Waals surface area (Å²) in [6.45, 7) is 6.15. The summed E-state index contributed by atoms with van der Waals surface area (Å²) in [7, 11) is 0. The molecule has 2 fully saturated rings. The van der Waals surface area contributed by atoms with E-state index in [-0.39, 0.29) is 23.8 Å². The smallest absolute Gasteiger partial charge is 0.240 e. The average Bonchev–Trinajstić information content (AvgIpc) is 3.39. The highest BCUT2D eigenvalue weighted by molar-refractivity contribution is 5.82. The SMILES string of the molecule is CC(C(=O)N1CCCC1c1ccn[nH]1)N1CCN(c2ccc(F)cc2)CC1. The molecule has 2 aliphatic rings. The molecule has 2 aromatic rings. The van der Waals surface area contributed by atoms with Gasteiger partial charge < -0.3 is 9.80 Å². The highest BCUT2D eigenvalue weighted by Crippen LogP contribution is 2.31. The number of amides is 1. The highest BCUT2D eigenvalue weighted by Gasteiger charge is 2.35. The van der Waals surface area contributed by atoms with Crippen molar-refractivity contribution in [3.8, 4) is 0 Å². The van der Waals surface area contributed by atoms with Crippen LogP contribution in [0.2, 0.25) is 0 Å². The minimum Gasteiger partial charge on any atom is -0.369 e. The molecule has 144 valence electrons. The number of benzene rings is 1. The first-order valence-electron chi connectivity index (χ1n) is 9.68. The third kappa shape index (κ3) is 3.69. The lowest BCUT2D eigenvalue weighted by molar-refractivity contribution is -0.137. The molecule has 0 aliphatic carbocycles. The highest BCUT2D eigenvalue weighted by atomic mass is 19.1. The van der Waals surface area contributed by atoms with Crippen molar-refractivity contribution in [2.24, 2.45) is 0 Å². The number of carbonyl (C=O) groups excluding carboxylic acids is 1. The molecule has 2 atom stereocenters. The summed E-state index contributed by atoms with van der Waals surface area (Å²) in [4.78, 5) is 19.6. The van der Waals surface area contributed by atoms with Crippen LogP contribution in [0.1, 0.15) is 31.5 Å². The summed E-state index contributed by atoms with van der Waals surface area (Å²) < 4.78 is 13.1. The van der Waals surface area contributed by atoms with E-state index in [0.717, 1.165) is 56.9 Å². The number of nitrogens with zero attached hydrogens (tertiary/aromatic N) is 4. The van der Waals surface area contributed by atoms with E-state index in [1.54, 1.807) is 6.20 Å². The molecule has 3 heterocycles. The van der Waals surface area contributed by atoms with Crippen LogP contribution >= 0.6 is 0 Å². The van der Waals surface area contributed by atoms with Gasteiger partial charge in [-0.05, 0) is 50.1 Å². The Bertz CT molecular complexity index is 755. The molecule has 2 saturated heterocycles. The lowest BCUT2D eigenvalue weighted by Crippen LogP contribution is -2.54. The van der Waals surface area contributed by atoms with Crippen LogP contribution in [0.4, 0.5) is 10.1 Å². The van der Waals surface area contributed by atoms with Crippen LogP contribution in [-0.4, -0.2) is 64.7 Å². The Morgan fingerprint density at radius 3 is 2.56 bits per heavy atom. The third-order valence-electron chi connectivity index (χ3n) is 5.83. The first-order valence-corrected chi connectivity index (χ1v) is 9.68. The lowest BCUT2D eigenvalue weighted by atomic mass is 10.1. The molecule has 1 aromatic carbocycles. The Kier molecular flexibility index (Phi) is 5.11. The Balaban J connectivity index is 1.36. The standard InChI is InChI=1S/C20H26FN5O/c1-15(20(27)26-10-2-3-19(26)18-8-9-22-23-18)24-11-13-25(14-12-24)17-6-4-16(21)5-7-17/h4-9,15,19H,2-3,10-14H2,1H3,(H,22,23). The summed E-state index contributed by atoms with van der Waals surface area (Å²) in [5.41, 5.74) is 2.06. The molecular weight excluding hydrogens is 345 g/mol. The number of halogens is 1. The summed E-state index contributed by atoms with van der Waals surface area (Å²) in [6.07, 6.45) is 3.76. The van der Waals surface area contributed by atoms with E-state index in [0.29, 0.717) is 0 Å². The topological polar surface area (TPSA) is 55.5 Å². The Labute approximate surface area is 158 Å². The zero-order chi connectivity index (χ0) is 18.8. The van der Waals surface area contributed by atoms with E-state index in [1.807, 2.05) is 30.0 Å². The number of piperazine rings is 1. The molecule has 6 nitrogen and oxygen atoms in total. The van der Waals surface area contributed by atoms with Crippen LogP contribution in [0.5, 0.6) is 0 Å². The summed E-state index contributed by atoms with van der Waals surface area (Å²) in [5.74, 6) is -0.0172. The molecule has 1 N–H and O–H groups in total. The summed E-state index contributed by atoms with van der Waals surface area (Å²) in [6, 6.07) is 8.57. The fraction of sp³-hybridized carbons (Fsp3) is 0.500. The second-order valence-electron chi connectivity index (χ2n) is 7.38. The van der Waals surface area contributed by atoms with Gasteiger partial charge in [-0.3, -0.25) is 14.8 Å². The largest absolute Gasteiger partial charge is 0.369 e. The van der Waals surface area contributed by atoms with Crippen LogP contribution in [0.25, 0.3) is 0 Å². The molecule has 7 heteroatoms. The van der Waals surface area contributed by atoms with Gasteiger partial charge in [0, 0.05) is 44.6 Å². The van der Waals surface area contributed by atoms with E-state index in [1.165, 1.54) is 12.1 Å². The van der Waals surface area contributed by atoms with Gasteiger partial charge in [-0.1, -0.05) is 0 Å². The molecule has 0 radical (unpaired) electrons. The van der Waals surface area contributed by atoms with Crippen molar-refractivity contribution >= 4 is 11.6 Å². The minimum absolute atomic E-state index is 0.114. The van der Waals surface area contributed by atoms with Crippen molar-refractivity contribution in [2.45, 2.75) is 31.8 Å². The number of hydrogen-bond acceptors (Lipinski definition) is 4. The number of hydrogen-bond donors (Lipinski definition) is 1. The first-order chi connectivity index (χ1) is 13.1. The van der Waals surface area contributed by atoms with Crippen molar-refractivity contribution in [2.75, 3.05) is 37.6 Å². The maximum atomic E-state index is 13.1. The Morgan fingerprint density at radius 1 is 1.15 bits per heavy atom. The molecular formula is C20H26FN5O. The van der Waals surface area contributed by atoms with Crippen LogP contribution in [0, 0.1) is 5.82 Å². The van der Waals surface area contributed by atoms with Crippen molar-refractivity contribution in [1.29, 1.82) is 0 Å². The van der Waals surface area contributed by atoms with Crippen molar-refractivity contribution in [1.82, 2.24) is 20.0 Å².